The van der Waals surface area contributed by atoms with E-state index in [1.165, 1.54) is 11.3 Å². The maximum Gasteiger partial charge on any atom is 0.0451 e. The van der Waals surface area contributed by atoms with Crippen molar-refractivity contribution in [2.24, 2.45) is 0 Å². The van der Waals surface area contributed by atoms with E-state index < -0.39 is 0 Å². The van der Waals surface area contributed by atoms with Crippen LogP contribution in [0.1, 0.15) is 18.9 Å². The van der Waals surface area contributed by atoms with Gasteiger partial charge in [0.1, 0.15) is 0 Å². The molecule has 1 aromatic carbocycles. The summed E-state index contributed by atoms with van der Waals surface area (Å²) in [6.07, 6.45) is 0.826. The van der Waals surface area contributed by atoms with Crippen LogP contribution in [0.5, 0.6) is 0 Å². The van der Waals surface area contributed by atoms with Crippen molar-refractivity contribution in [3.8, 4) is 0 Å². The van der Waals surface area contributed by atoms with E-state index >= 15 is 0 Å². The average molecular weight is 327 g/mol. The van der Waals surface area contributed by atoms with E-state index in [-0.39, 0.29) is 6.61 Å². The molecule has 0 aliphatic carbocycles. The molecule has 3 nitrogen and oxygen atoms in total. The van der Waals surface area contributed by atoms with Gasteiger partial charge in [-0.25, -0.2) is 0 Å². The number of hydrogen-bond acceptors (Lipinski definition) is 3. The summed E-state index contributed by atoms with van der Waals surface area (Å²) in [5.41, 5.74) is 2.58. The number of anilines is 1. The highest BCUT2D eigenvalue weighted by molar-refractivity contribution is 9.10. The fourth-order valence-electron chi connectivity index (χ4n) is 2.82. The zero-order valence-electron chi connectivity index (χ0n) is 11.9. The number of hydrogen-bond donors (Lipinski definition) is 1. The Bertz CT molecular complexity index is 438. The molecule has 0 spiro atoms. The third-order valence-corrected chi connectivity index (χ3v) is 4.58. The van der Waals surface area contributed by atoms with E-state index in [9.17, 15) is 5.11 Å². The van der Waals surface area contributed by atoms with Crippen LogP contribution in [-0.2, 0) is 0 Å². The average Bonchev–Trinajstić information content (AvgIpc) is 2.34. The van der Waals surface area contributed by atoms with Gasteiger partial charge in [0.2, 0.25) is 0 Å². The van der Waals surface area contributed by atoms with Gasteiger partial charge in [-0.3, -0.25) is 4.90 Å². The molecule has 0 radical (unpaired) electrons. The molecule has 0 aromatic heterocycles. The van der Waals surface area contributed by atoms with Crippen molar-refractivity contribution in [2.75, 3.05) is 31.6 Å². The van der Waals surface area contributed by atoms with Gasteiger partial charge >= 0.3 is 0 Å². The molecule has 1 N–H and O–H groups in total. The molecule has 2 rings (SSSR count). The van der Waals surface area contributed by atoms with Crippen molar-refractivity contribution in [3.05, 3.63) is 28.2 Å². The van der Waals surface area contributed by atoms with Crippen molar-refractivity contribution < 1.29 is 5.11 Å². The topological polar surface area (TPSA) is 26.7 Å². The van der Waals surface area contributed by atoms with Crippen molar-refractivity contribution in [2.45, 2.75) is 32.4 Å². The van der Waals surface area contributed by atoms with Gasteiger partial charge in [-0.05, 0) is 51.1 Å². The number of aryl methyl sites for hydroxylation is 1. The van der Waals surface area contributed by atoms with Crippen molar-refractivity contribution >= 4 is 21.6 Å². The first kappa shape index (κ1) is 14.8. The first-order chi connectivity index (χ1) is 9.02. The first-order valence-corrected chi connectivity index (χ1v) is 7.66. The molecule has 106 valence electrons. The van der Waals surface area contributed by atoms with Gasteiger partial charge in [0, 0.05) is 41.9 Å². The zero-order valence-corrected chi connectivity index (χ0v) is 13.5. The molecule has 19 heavy (non-hydrogen) atoms. The molecule has 1 heterocycles. The molecule has 2 atom stereocenters. The Morgan fingerprint density at radius 1 is 1.37 bits per heavy atom. The molecule has 2 unspecified atom stereocenters. The predicted octanol–water partition coefficient (Wildman–Crippen LogP) is 2.65. The van der Waals surface area contributed by atoms with E-state index in [2.05, 4.69) is 64.8 Å². The molecule has 4 heteroatoms. The summed E-state index contributed by atoms with van der Waals surface area (Å²) in [5.74, 6) is 0. The molecule has 1 saturated heterocycles. The van der Waals surface area contributed by atoms with Crippen molar-refractivity contribution in [1.82, 2.24) is 4.90 Å². The number of aliphatic hydroxyl groups is 1. The number of nitrogens with zero attached hydrogens (tertiary/aromatic N) is 2. The largest absolute Gasteiger partial charge is 0.396 e. The Morgan fingerprint density at radius 3 is 2.74 bits per heavy atom. The van der Waals surface area contributed by atoms with Gasteiger partial charge in [-0.1, -0.05) is 15.9 Å². The maximum absolute atomic E-state index is 9.30. The summed E-state index contributed by atoms with van der Waals surface area (Å²) in [5, 5.41) is 9.30. The van der Waals surface area contributed by atoms with Gasteiger partial charge in [-0.15, -0.1) is 0 Å². The van der Waals surface area contributed by atoms with Crippen LogP contribution in [0.3, 0.4) is 0 Å². The lowest BCUT2D eigenvalue weighted by Gasteiger charge is -2.45. The number of piperazine rings is 1. The Kier molecular flexibility index (Phi) is 4.87. The molecule has 1 aliphatic rings. The highest BCUT2D eigenvalue weighted by atomic mass is 79.9. The highest BCUT2D eigenvalue weighted by Gasteiger charge is 2.29. The summed E-state index contributed by atoms with van der Waals surface area (Å²) in [7, 11) is 2.17. The molecular formula is C15H23BrN2O. The number of halogens is 1. The van der Waals surface area contributed by atoms with E-state index in [0.717, 1.165) is 24.0 Å². The standard InChI is InChI=1S/C15H23BrN2O/c1-11-8-13(16)4-5-15(11)18-9-12(2)17(3)10-14(18)6-7-19/h4-5,8,12,14,19H,6-7,9-10H2,1-3H3. The zero-order chi connectivity index (χ0) is 14.0. The molecular weight excluding hydrogens is 304 g/mol. The van der Waals surface area contributed by atoms with Crippen LogP contribution in [0.4, 0.5) is 5.69 Å². The number of likely N-dealkylation sites (N-methyl/N-ethyl adjacent to an activating group) is 1. The second-order valence-corrected chi connectivity index (χ2v) is 6.45. The SMILES string of the molecule is Cc1cc(Br)ccc1N1CC(C)N(C)CC1CCO. The van der Waals surface area contributed by atoms with Gasteiger partial charge < -0.3 is 10.0 Å². The second kappa shape index (κ2) is 6.25. The molecule has 1 aromatic rings. The summed E-state index contributed by atoms with van der Waals surface area (Å²) < 4.78 is 1.12. The third kappa shape index (κ3) is 3.30. The van der Waals surface area contributed by atoms with E-state index in [1.807, 2.05) is 0 Å². The lowest BCUT2D eigenvalue weighted by Crippen LogP contribution is -2.56. The summed E-state index contributed by atoms with van der Waals surface area (Å²) in [4.78, 5) is 4.84. The minimum atomic E-state index is 0.249. The van der Waals surface area contributed by atoms with Crippen LogP contribution in [0.15, 0.2) is 22.7 Å². The number of aliphatic hydroxyl groups excluding tert-OH is 1. The Balaban J connectivity index is 2.28. The predicted molar refractivity (Wildman–Crippen MR) is 83.8 cm³/mol. The Hall–Kier alpha value is -0.580. The summed E-state index contributed by atoms with van der Waals surface area (Å²) in [6.45, 7) is 6.69. The minimum absolute atomic E-state index is 0.249. The Labute approximate surface area is 124 Å². The van der Waals surface area contributed by atoms with Crippen LogP contribution in [0.25, 0.3) is 0 Å². The fraction of sp³-hybridized carbons (Fsp3) is 0.600. The van der Waals surface area contributed by atoms with E-state index in [0.29, 0.717) is 12.1 Å². The second-order valence-electron chi connectivity index (χ2n) is 5.54. The highest BCUT2D eigenvalue weighted by Crippen LogP contribution is 2.29. The first-order valence-electron chi connectivity index (χ1n) is 6.87. The summed E-state index contributed by atoms with van der Waals surface area (Å²) >= 11 is 3.52. The molecule has 1 fully saturated rings. The quantitative estimate of drug-likeness (QED) is 0.925. The van der Waals surface area contributed by atoms with Crippen LogP contribution in [-0.4, -0.2) is 48.8 Å². The lowest BCUT2D eigenvalue weighted by molar-refractivity contribution is 0.177. The van der Waals surface area contributed by atoms with E-state index in [1.54, 1.807) is 0 Å². The molecule has 0 amide bonds. The van der Waals surface area contributed by atoms with Crippen LogP contribution in [0.2, 0.25) is 0 Å². The normalized spacial score (nSPS) is 24.8. The fourth-order valence-corrected chi connectivity index (χ4v) is 3.29. The number of benzene rings is 1. The Morgan fingerprint density at radius 2 is 2.11 bits per heavy atom. The molecule has 0 saturated carbocycles. The van der Waals surface area contributed by atoms with E-state index in [4.69, 9.17) is 0 Å². The van der Waals surface area contributed by atoms with Gasteiger partial charge in [-0.2, -0.15) is 0 Å². The lowest BCUT2D eigenvalue weighted by atomic mass is 10.0. The van der Waals surface area contributed by atoms with Crippen LogP contribution < -0.4 is 4.90 Å². The third-order valence-electron chi connectivity index (χ3n) is 4.08. The van der Waals surface area contributed by atoms with Crippen molar-refractivity contribution in [1.29, 1.82) is 0 Å². The molecule has 0 bridgehead atoms. The monoisotopic (exact) mass is 326 g/mol. The van der Waals surface area contributed by atoms with Gasteiger partial charge in [0.15, 0.2) is 0 Å². The summed E-state index contributed by atoms with van der Waals surface area (Å²) in [6, 6.07) is 7.38. The smallest absolute Gasteiger partial charge is 0.0451 e. The minimum Gasteiger partial charge on any atom is -0.396 e. The van der Waals surface area contributed by atoms with Crippen LogP contribution in [0, 0.1) is 6.92 Å². The molecule has 1 aliphatic heterocycles. The maximum atomic E-state index is 9.30. The van der Waals surface area contributed by atoms with Crippen molar-refractivity contribution in [3.63, 3.8) is 0 Å². The van der Waals surface area contributed by atoms with Crippen LogP contribution >= 0.6 is 15.9 Å². The van der Waals surface area contributed by atoms with Gasteiger partial charge in [0.05, 0.1) is 0 Å². The number of rotatable bonds is 3. The van der Waals surface area contributed by atoms with Gasteiger partial charge in [0.25, 0.3) is 0 Å².